The molecule has 0 bridgehead atoms. The molecular formula is C16H22N4O. The zero-order valence-electron chi connectivity index (χ0n) is 12.8. The number of nitrogens with two attached hydrogens (primary N) is 1. The molecule has 1 unspecified atom stereocenters. The van der Waals surface area contributed by atoms with Gasteiger partial charge in [-0.2, -0.15) is 5.10 Å². The number of rotatable bonds is 5. The lowest BCUT2D eigenvalue weighted by Crippen LogP contribution is -2.27. The Bertz CT molecular complexity index is 603. The van der Waals surface area contributed by atoms with Gasteiger partial charge in [0.25, 0.3) is 0 Å². The normalized spacial score (nSPS) is 12.1. The van der Waals surface area contributed by atoms with Crippen LogP contribution in [0.15, 0.2) is 36.7 Å². The fraction of sp³-hybridized carbons (Fsp3) is 0.375. The fourth-order valence-electron chi connectivity index (χ4n) is 2.28. The molecule has 1 aromatic heterocycles. The number of nitrogens with zero attached hydrogens (tertiary/aromatic N) is 3. The molecule has 1 amide bonds. The first-order chi connectivity index (χ1) is 9.95. The Morgan fingerprint density at radius 1 is 1.38 bits per heavy atom. The van der Waals surface area contributed by atoms with Gasteiger partial charge in [0, 0.05) is 44.5 Å². The number of nitrogen functional groups attached to an aromatic ring is 1. The number of aromatic nitrogens is 2. The second-order valence-corrected chi connectivity index (χ2v) is 5.54. The van der Waals surface area contributed by atoms with Gasteiger partial charge in [-0.1, -0.05) is 19.1 Å². The summed E-state index contributed by atoms with van der Waals surface area (Å²) < 4.78 is 1.74. The molecule has 2 rings (SSSR count). The highest BCUT2D eigenvalue weighted by atomic mass is 16.2. The number of hydrogen-bond donors (Lipinski definition) is 1. The zero-order chi connectivity index (χ0) is 15.4. The third kappa shape index (κ3) is 4.08. The summed E-state index contributed by atoms with van der Waals surface area (Å²) in [7, 11) is 3.69. The van der Waals surface area contributed by atoms with E-state index >= 15 is 0 Å². The molecule has 1 aromatic carbocycles. The number of hydrogen-bond acceptors (Lipinski definition) is 3. The summed E-state index contributed by atoms with van der Waals surface area (Å²) in [5, 5.41) is 4.11. The van der Waals surface area contributed by atoms with E-state index in [0.29, 0.717) is 13.0 Å². The molecule has 0 aliphatic heterocycles. The Labute approximate surface area is 125 Å². The highest BCUT2D eigenvalue weighted by molar-refractivity contribution is 5.76. The zero-order valence-corrected chi connectivity index (χ0v) is 12.8. The molecular weight excluding hydrogens is 264 g/mol. The summed E-state index contributed by atoms with van der Waals surface area (Å²) in [6.45, 7) is 2.64. The van der Waals surface area contributed by atoms with Crippen LogP contribution in [0.1, 0.15) is 30.4 Å². The molecule has 1 atom stereocenters. The van der Waals surface area contributed by atoms with Gasteiger partial charge in [0.05, 0.1) is 6.20 Å². The van der Waals surface area contributed by atoms with Gasteiger partial charge in [-0.25, -0.2) is 0 Å². The van der Waals surface area contributed by atoms with Gasteiger partial charge < -0.3 is 10.6 Å². The van der Waals surface area contributed by atoms with Crippen molar-refractivity contribution in [3.63, 3.8) is 0 Å². The average molecular weight is 286 g/mol. The quantitative estimate of drug-likeness (QED) is 0.857. The summed E-state index contributed by atoms with van der Waals surface area (Å²) >= 11 is 0. The van der Waals surface area contributed by atoms with Gasteiger partial charge in [0.2, 0.25) is 5.91 Å². The van der Waals surface area contributed by atoms with Crippen molar-refractivity contribution in [3.8, 4) is 0 Å². The van der Waals surface area contributed by atoms with Gasteiger partial charge in [-0.05, 0) is 23.6 Å². The van der Waals surface area contributed by atoms with Crippen LogP contribution in [0, 0.1) is 0 Å². The van der Waals surface area contributed by atoms with Crippen molar-refractivity contribution >= 4 is 11.6 Å². The molecule has 0 saturated carbocycles. The Morgan fingerprint density at radius 3 is 2.62 bits per heavy atom. The standard InChI is InChI=1S/C16H22N4O/c1-12(14-4-6-15(17)7-5-14)8-16(21)19(2)10-13-9-18-20(3)11-13/h4-7,9,11-12H,8,10,17H2,1-3H3. The van der Waals surface area contributed by atoms with Gasteiger partial charge in [-0.15, -0.1) is 0 Å². The summed E-state index contributed by atoms with van der Waals surface area (Å²) in [6, 6.07) is 7.70. The lowest BCUT2D eigenvalue weighted by Gasteiger charge is -2.19. The Morgan fingerprint density at radius 2 is 2.05 bits per heavy atom. The Balaban J connectivity index is 1.92. The molecule has 2 aromatic rings. The van der Waals surface area contributed by atoms with Gasteiger partial charge >= 0.3 is 0 Å². The largest absolute Gasteiger partial charge is 0.399 e. The molecule has 0 fully saturated rings. The van der Waals surface area contributed by atoms with Gasteiger partial charge in [0.15, 0.2) is 0 Å². The van der Waals surface area contributed by atoms with Crippen LogP contribution >= 0.6 is 0 Å². The van der Waals surface area contributed by atoms with E-state index in [1.807, 2.05) is 44.6 Å². The molecule has 0 aliphatic carbocycles. The van der Waals surface area contributed by atoms with Crippen LogP contribution in [0.3, 0.4) is 0 Å². The number of carbonyl (C=O) groups is 1. The number of aryl methyl sites for hydroxylation is 1. The van der Waals surface area contributed by atoms with E-state index in [2.05, 4.69) is 12.0 Å². The predicted octanol–water partition coefficient (Wildman–Crippen LogP) is 2.15. The number of carbonyl (C=O) groups excluding carboxylic acids is 1. The summed E-state index contributed by atoms with van der Waals surface area (Å²) in [5.41, 5.74) is 8.59. The van der Waals surface area contributed by atoms with Crippen LogP contribution in [0.25, 0.3) is 0 Å². The minimum atomic E-state index is 0.128. The maximum absolute atomic E-state index is 12.3. The Hall–Kier alpha value is -2.30. The predicted molar refractivity (Wildman–Crippen MR) is 83.6 cm³/mol. The van der Waals surface area contributed by atoms with Crippen molar-refractivity contribution in [1.29, 1.82) is 0 Å². The van der Waals surface area contributed by atoms with Crippen molar-refractivity contribution in [3.05, 3.63) is 47.8 Å². The maximum atomic E-state index is 12.3. The van der Waals surface area contributed by atoms with Crippen molar-refractivity contribution in [2.45, 2.75) is 25.8 Å². The summed E-state index contributed by atoms with van der Waals surface area (Å²) in [4.78, 5) is 14.0. The van der Waals surface area contributed by atoms with Crippen molar-refractivity contribution in [1.82, 2.24) is 14.7 Å². The van der Waals surface area contributed by atoms with E-state index in [4.69, 9.17) is 5.73 Å². The number of benzene rings is 1. The van der Waals surface area contributed by atoms with E-state index in [-0.39, 0.29) is 11.8 Å². The first-order valence-electron chi connectivity index (χ1n) is 7.02. The Kier molecular flexibility index (Phi) is 4.62. The minimum Gasteiger partial charge on any atom is -0.399 e. The first-order valence-corrected chi connectivity index (χ1v) is 7.02. The molecule has 0 spiro atoms. The average Bonchev–Trinajstić information content (AvgIpc) is 2.84. The van der Waals surface area contributed by atoms with Crippen LogP contribution in [0.5, 0.6) is 0 Å². The minimum absolute atomic E-state index is 0.128. The van der Waals surface area contributed by atoms with Crippen LogP contribution in [-0.2, 0) is 18.4 Å². The molecule has 2 N–H and O–H groups in total. The van der Waals surface area contributed by atoms with Gasteiger partial charge in [-0.3, -0.25) is 9.48 Å². The first kappa shape index (κ1) is 15.1. The highest BCUT2D eigenvalue weighted by Crippen LogP contribution is 2.21. The third-order valence-electron chi connectivity index (χ3n) is 3.59. The second kappa shape index (κ2) is 6.43. The van der Waals surface area contributed by atoms with Crippen molar-refractivity contribution < 1.29 is 4.79 Å². The molecule has 0 radical (unpaired) electrons. The molecule has 0 saturated heterocycles. The molecule has 5 nitrogen and oxygen atoms in total. The van der Waals surface area contributed by atoms with Crippen LogP contribution < -0.4 is 5.73 Å². The highest BCUT2D eigenvalue weighted by Gasteiger charge is 2.15. The number of anilines is 1. The second-order valence-electron chi connectivity index (χ2n) is 5.54. The molecule has 21 heavy (non-hydrogen) atoms. The topological polar surface area (TPSA) is 64.2 Å². The SMILES string of the molecule is CC(CC(=O)N(C)Cc1cnn(C)c1)c1ccc(N)cc1. The maximum Gasteiger partial charge on any atom is 0.223 e. The fourth-order valence-corrected chi connectivity index (χ4v) is 2.28. The third-order valence-corrected chi connectivity index (χ3v) is 3.59. The van der Waals surface area contributed by atoms with E-state index in [1.165, 1.54) is 0 Å². The number of amides is 1. The smallest absolute Gasteiger partial charge is 0.223 e. The van der Waals surface area contributed by atoms with E-state index in [1.54, 1.807) is 15.8 Å². The van der Waals surface area contributed by atoms with Crippen LogP contribution in [-0.4, -0.2) is 27.6 Å². The van der Waals surface area contributed by atoms with E-state index < -0.39 is 0 Å². The van der Waals surface area contributed by atoms with Crippen LogP contribution in [0.4, 0.5) is 5.69 Å². The van der Waals surface area contributed by atoms with E-state index in [0.717, 1.165) is 16.8 Å². The van der Waals surface area contributed by atoms with Gasteiger partial charge in [0.1, 0.15) is 0 Å². The molecule has 0 aliphatic rings. The van der Waals surface area contributed by atoms with Crippen LogP contribution in [0.2, 0.25) is 0 Å². The summed E-state index contributed by atoms with van der Waals surface area (Å²) in [5.74, 6) is 0.303. The monoisotopic (exact) mass is 286 g/mol. The van der Waals surface area contributed by atoms with Crippen molar-refractivity contribution in [2.24, 2.45) is 7.05 Å². The van der Waals surface area contributed by atoms with Crippen molar-refractivity contribution in [2.75, 3.05) is 12.8 Å². The summed E-state index contributed by atoms with van der Waals surface area (Å²) in [6.07, 6.45) is 4.20. The lowest BCUT2D eigenvalue weighted by molar-refractivity contribution is -0.130. The lowest BCUT2D eigenvalue weighted by atomic mass is 9.97. The molecule has 1 heterocycles. The van der Waals surface area contributed by atoms with E-state index in [9.17, 15) is 4.79 Å². The molecule has 5 heteroatoms. The molecule has 112 valence electrons.